The third-order valence-electron chi connectivity index (χ3n) is 3.06. The van der Waals surface area contributed by atoms with Crippen LogP contribution in [0.3, 0.4) is 0 Å². The van der Waals surface area contributed by atoms with E-state index in [1.807, 2.05) is 36.4 Å². The molecule has 21 heavy (non-hydrogen) atoms. The molecule has 1 amide bonds. The summed E-state index contributed by atoms with van der Waals surface area (Å²) in [6.45, 7) is 0.466. The highest BCUT2D eigenvalue weighted by molar-refractivity contribution is 9.10. The van der Waals surface area contributed by atoms with Crippen molar-refractivity contribution in [2.24, 2.45) is 0 Å². The van der Waals surface area contributed by atoms with Crippen molar-refractivity contribution in [1.29, 1.82) is 0 Å². The minimum absolute atomic E-state index is 0.168. The number of nitrogens with one attached hydrogen (secondary N) is 1. The van der Waals surface area contributed by atoms with Crippen molar-refractivity contribution in [3.8, 4) is 0 Å². The highest BCUT2D eigenvalue weighted by Gasteiger charge is 2.16. The van der Waals surface area contributed by atoms with E-state index in [9.17, 15) is 4.79 Å². The minimum atomic E-state index is -0.168. The summed E-state index contributed by atoms with van der Waals surface area (Å²) in [5.41, 5.74) is 8.18. The molecule has 106 valence electrons. The number of carbonyl (C=O) groups is 1. The van der Waals surface area contributed by atoms with Crippen LogP contribution < -0.4 is 11.1 Å². The SMILES string of the molecule is Nc1c(C(=O)NCc2ccc(Br)cc2)sc2cccnc12. The van der Waals surface area contributed by atoms with Gasteiger partial charge in [0, 0.05) is 17.2 Å². The van der Waals surface area contributed by atoms with Crippen molar-refractivity contribution in [2.45, 2.75) is 6.54 Å². The number of pyridine rings is 1. The van der Waals surface area contributed by atoms with Crippen LogP contribution in [-0.4, -0.2) is 10.9 Å². The number of amides is 1. The molecule has 0 bridgehead atoms. The Bertz CT molecular complexity index is 798. The van der Waals surface area contributed by atoms with Crippen molar-refractivity contribution in [3.05, 3.63) is 57.5 Å². The van der Waals surface area contributed by atoms with Gasteiger partial charge in [-0.15, -0.1) is 11.3 Å². The monoisotopic (exact) mass is 361 g/mol. The molecule has 3 aromatic rings. The largest absolute Gasteiger partial charge is 0.396 e. The summed E-state index contributed by atoms with van der Waals surface area (Å²) in [6.07, 6.45) is 1.68. The van der Waals surface area contributed by atoms with E-state index in [4.69, 9.17) is 5.73 Å². The van der Waals surface area contributed by atoms with Gasteiger partial charge in [-0.05, 0) is 29.8 Å². The highest BCUT2D eigenvalue weighted by Crippen LogP contribution is 2.31. The highest BCUT2D eigenvalue weighted by atomic mass is 79.9. The average molecular weight is 362 g/mol. The predicted octanol–water partition coefficient (Wildman–Crippen LogP) is 3.57. The van der Waals surface area contributed by atoms with Crippen LogP contribution in [0.4, 0.5) is 5.69 Å². The van der Waals surface area contributed by atoms with Gasteiger partial charge in [-0.3, -0.25) is 9.78 Å². The summed E-state index contributed by atoms with van der Waals surface area (Å²) < 4.78 is 1.93. The normalized spacial score (nSPS) is 10.7. The molecule has 0 saturated carbocycles. The number of anilines is 1. The van der Waals surface area contributed by atoms with E-state index >= 15 is 0 Å². The molecule has 0 aliphatic heterocycles. The van der Waals surface area contributed by atoms with E-state index < -0.39 is 0 Å². The second-order valence-corrected chi connectivity index (χ2v) is 6.47. The Morgan fingerprint density at radius 3 is 2.76 bits per heavy atom. The fourth-order valence-corrected chi connectivity index (χ4v) is 3.24. The molecule has 0 aliphatic rings. The van der Waals surface area contributed by atoms with Crippen molar-refractivity contribution in [1.82, 2.24) is 10.3 Å². The van der Waals surface area contributed by atoms with Gasteiger partial charge >= 0.3 is 0 Å². The van der Waals surface area contributed by atoms with Gasteiger partial charge in [-0.2, -0.15) is 0 Å². The summed E-state index contributed by atoms with van der Waals surface area (Å²) in [7, 11) is 0. The zero-order valence-corrected chi connectivity index (χ0v) is 13.4. The molecule has 0 spiro atoms. The summed E-state index contributed by atoms with van der Waals surface area (Å²) in [5.74, 6) is -0.168. The molecule has 2 heterocycles. The number of nitrogen functional groups attached to an aromatic ring is 1. The van der Waals surface area contributed by atoms with E-state index in [-0.39, 0.29) is 5.91 Å². The topological polar surface area (TPSA) is 68.0 Å². The fourth-order valence-electron chi connectivity index (χ4n) is 1.98. The Hall–Kier alpha value is -1.92. The van der Waals surface area contributed by atoms with Crippen LogP contribution in [0.1, 0.15) is 15.2 Å². The van der Waals surface area contributed by atoms with Crippen LogP contribution in [0.15, 0.2) is 47.1 Å². The first-order valence-electron chi connectivity index (χ1n) is 6.31. The number of aromatic nitrogens is 1. The quantitative estimate of drug-likeness (QED) is 0.749. The van der Waals surface area contributed by atoms with Crippen LogP contribution in [0.5, 0.6) is 0 Å². The Labute approximate surface area is 134 Å². The first kappa shape index (κ1) is 14.0. The van der Waals surface area contributed by atoms with Gasteiger partial charge in [-0.1, -0.05) is 28.1 Å². The number of fused-ring (bicyclic) bond motifs is 1. The Morgan fingerprint density at radius 1 is 1.29 bits per heavy atom. The maximum atomic E-state index is 12.3. The molecule has 0 atom stereocenters. The van der Waals surface area contributed by atoms with Crippen LogP contribution in [0.25, 0.3) is 10.2 Å². The molecule has 6 heteroatoms. The number of benzene rings is 1. The third-order valence-corrected chi connectivity index (χ3v) is 4.74. The number of halogens is 1. The molecule has 4 nitrogen and oxygen atoms in total. The van der Waals surface area contributed by atoms with E-state index in [2.05, 4.69) is 26.2 Å². The van der Waals surface area contributed by atoms with Gasteiger partial charge in [-0.25, -0.2) is 0 Å². The number of hydrogen-bond donors (Lipinski definition) is 2. The van der Waals surface area contributed by atoms with E-state index in [1.54, 1.807) is 6.20 Å². The van der Waals surface area contributed by atoms with Gasteiger partial charge < -0.3 is 11.1 Å². The predicted molar refractivity (Wildman–Crippen MR) is 89.3 cm³/mol. The Balaban J connectivity index is 1.78. The number of carbonyl (C=O) groups excluding carboxylic acids is 1. The third kappa shape index (κ3) is 2.91. The summed E-state index contributed by atoms with van der Waals surface area (Å²) in [5, 5.41) is 2.88. The van der Waals surface area contributed by atoms with E-state index in [0.29, 0.717) is 22.6 Å². The van der Waals surface area contributed by atoms with E-state index in [0.717, 1.165) is 14.7 Å². The van der Waals surface area contributed by atoms with Crippen molar-refractivity contribution in [3.63, 3.8) is 0 Å². The number of thiophene rings is 1. The molecule has 1 aromatic carbocycles. The lowest BCUT2D eigenvalue weighted by molar-refractivity contribution is 0.0956. The average Bonchev–Trinajstić information content (AvgIpc) is 2.84. The van der Waals surface area contributed by atoms with Gasteiger partial charge in [0.2, 0.25) is 0 Å². The number of nitrogens with zero attached hydrogens (tertiary/aromatic N) is 1. The first-order valence-corrected chi connectivity index (χ1v) is 7.92. The maximum absolute atomic E-state index is 12.3. The lowest BCUT2D eigenvalue weighted by atomic mass is 10.2. The van der Waals surface area contributed by atoms with E-state index in [1.165, 1.54) is 11.3 Å². The van der Waals surface area contributed by atoms with Gasteiger partial charge in [0.1, 0.15) is 10.4 Å². The summed E-state index contributed by atoms with van der Waals surface area (Å²) in [6, 6.07) is 11.6. The van der Waals surface area contributed by atoms with Crippen LogP contribution in [0, 0.1) is 0 Å². The van der Waals surface area contributed by atoms with Crippen LogP contribution in [0.2, 0.25) is 0 Å². The number of hydrogen-bond acceptors (Lipinski definition) is 4. The minimum Gasteiger partial charge on any atom is -0.396 e. The lowest BCUT2D eigenvalue weighted by Crippen LogP contribution is -2.22. The molecule has 0 unspecified atom stereocenters. The zero-order chi connectivity index (χ0) is 14.8. The second kappa shape index (κ2) is 5.83. The van der Waals surface area contributed by atoms with Gasteiger partial charge in [0.05, 0.1) is 10.4 Å². The molecule has 2 aromatic heterocycles. The Kier molecular flexibility index (Phi) is 3.90. The van der Waals surface area contributed by atoms with Crippen LogP contribution >= 0.6 is 27.3 Å². The summed E-state index contributed by atoms with van der Waals surface area (Å²) >= 11 is 4.74. The second-order valence-electron chi connectivity index (χ2n) is 4.50. The molecular weight excluding hydrogens is 350 g/mol. The molecule has 0 fully saturated rings. The molecule has 0 radical (unpaired) electrons. The Morgan fingerprint density at radius 2 is 2.05 bits per heavy atom. The molecule has 3 N–H and O–H groups in total. The fraction of sp³-hybridized carbons (Fsp3) is 0.0667. The maximum Gasteiger partial charge on any atom is 0.263 e. The van der Waals surface area contributed by atoms with Gasteiger partial charge in [0.25, 0.3) is 5.91 Å². The van der Waals surface area contributed by atoms with Crippen molar-refractivity contribution in [2.75, 3.05) is 5.73 Å². The smallest absolute Gasteiger partial charge is 0.263 e. The number of nitrogens with two attached hydrogens (primary N) is 1. The van der Waals surface area contributed by atoms with Crippen LogP contribution in [-0.2, 0) is 6.54 Å². The van der Waals surface area contributed by atoms with Crippen molar-refractivity contribution >= 4 is 49.1 Å². The van der Waals surface area contributed by atoms with Crippen molar-refractivity contribution < 1.29 is 4.79 Å². The zero-order valence-electron chi connectivity index (χ0n) is 11.0. The molecular formula is C15H12BrN3OS. The first-order chi connectivity index (χ1) is 10.1. The standard InChI is InChI=1S/C15H12BrN3OS/c16-10-5-3-9(4-6-10)8-19-15(20)14-12(17)13-11(21-14)2-1-7-18-13/h1-7H,8,17H2,(H,19,20). The molecule has 3 rings (SSSR count). The number of rotatable bonds is 3. The summed E-state index contributed by atoms with van der Waals surface area (Å²) in [4.78, 5) is 17.0. The molecule has 0 aliphatic carbocycles. The molecule has 0 saturated heterocycles. The lowest BCUT2D eigenvalue weighted by Gasteiger charge is -2.04. The van der Waals surface area contributed by atoms with Gasteiger partial charge in [0.15, 0.2) is 0 Å².